The average Bonchev–Trinajstić information content (AvgIpc) is 2.87. The predicted molar refractivity (Wildman–Crippen MR) is 80.4 cm³/mol. The van der Waals surface area contributed by atoms with Crippen molar-refractivity contribution in [3.05, 3.63) is 28.5 Å². The van der Waals surface area contributed by atoms with Gasteiger partial charge in [-0.2, -0.15) is 0 Å². The maximum absolute atomic E-state index is 13.2. The summed E-state index contributed by atoms with van der Waals surface area (Å²) in [6.07, 6.45) is 1.94. The number of nitrogens with one attached hydrogen (secondary N) is 1. The third-order valence-corrected chi connectivity index (χ3v) is 4.77. The van der Waals surface area contributed by atoms with E-state index in [0.717, 1.165) is 6.42 Å². The number of hydrogen-bond donors (Lipinski definition) is 2. The quantitative estimate of drug-likeness (QED) is 0.863. The first-order chi connectivity index (χ1) is 9.92. The van der Waals surface area contributed by atoms with Crippen LogP contribution in [0, 0.1) is 23.6 Å². The van der Waals surface area contributed by atoms with Gasteiger partial charge in [-0.15, -0.1) is 0 Å². The maximum atomic E-state index is 13.2. The van der Waals surface area contributed by atoms with Crippen molar-refractivity contribution in [1.29, 1.82) is 0 Å². The van der Waals surface area contributed by atoms with Crippen molar-refractivity contribution in [2.45, 2.75) is 26.2 Å². The Labute approximate surface area is 130 Å². The topological polar surface area (TPSA) is 66.4 Å². The lowest BCUT2D eigenvalue weighted by Crippen LogP contribution is -2.30. The first kappa shape index (κ1) is 15.9. The van der Waals surface area contributed by atoms with Crippen molar-refractivity contribution in [1.82, 2.24) is 0 Å². The molecule has 1 aromatic carbocycles. The number of aliphatic carboxylic acids is 1. The molecule has 0 aromatic heterocycles. The Kier molecular flexibility index (Phi) is 4.98. The SMILES string of the molecule is CCC1CC(C(=O)O)C(C(=O)Nc2cc(F)ccc2Br)C1. The molecular formula is C15H17BrFNO3. The maximum Gasteiger partial charge on any atom is 0.307 e. The van der Waals surface area contributed by atoms with E-state index in [2.05, 4.69) is 21.2 Å². The zero-order valence-electron chi connectivity index (χ0n) is 11.6. The van der Waals surface area contributed by atoms with Crippen LogP contribution in [-0.2, 0) is 9.59 Å². The van der Waals surface area contributed by atoms with Gasteiger partial charge in [0.05, 0.1) is 17.5 Å². The Morgan fingerprint density at radius 1 is 1.38 bits per heavy atom. The second-order valence-electron chi connectivity index (χ2n) is 5.41. The number of carbonyl (C=O) groups excluding carboxylic acids is 1. The minimum Gasteiger partial charge on any atom is -0.481 e. The number of halogens is 2. The molecule has 1 aliphatic carbocycles. The van der Waals surface area contributed by atoms with Crippen LogP contribution in [0.1, 0.15) is 26.2 Å². The summed E-state index contributed by atoms with van der Waals surface area (Å²) >= 11 is 3.24. The molecule has 2 rings (SSSR count). The summed E-state index contributed by atoms with van der Waals surface area (Å²) in [5.41, 5.74) is 0.323. The monoisotopic (exact) mass is 357 g/mol. The van der Waals surface area contributed by atoms with E-state index in [4.69, 9.17) is 0 Å². The van der Waals surface area contributed by atoms with Gasteiger partial charge in [0.1, 0.15) is 5.82 Å². The number of rotatable bonds is 4. The lowest BCUT2D eigenvalue weighted by atomic mass is 9.95. The number of carboxylic acid groups (broad SMARTS) is 1. The number of carboxylic acids is 1. The summed E-state index contributed by atoms with van der Waals surface area (Å²) in [5, 5.41) is 11.9. The van der Waals surface area contributed by atoms with Crippen molar-refractivity contribution in [2.75, 3.05) is 5.32 Å². The van der Waals surface area contributed by atoms with Crippen LogP contribution in [-0.4, -0.2) is 17.0 Å². The molecule has 0 radical (unpaired) electrons. The lowest BCUT2D eigenvalue weighted by molar-refractivity contribution is -0.145. The Balaban J connectivity index is 2.15. The minimum absolute atomic E-state index is 0.248. The molecule has 3 unspecified atom stereocenters. The molecule has 2 N–H and O–H groups in total. The second-order valence-corrected chi connectivity index (χ2v) is 6.26. The third-order valence-electron chi connectivity index (χ3n) is 4.08. The van der Waals surface area contributed by atoms with E-state index in [1.54, 1.807) is 0 Å². The number of benzene rings is 1. The van der Waals surface area contributed by atoms with Gasteiger partial charge in [-0.25, -0.2) is 4.39 Å². The molecule has 1 amide bonds. The van der Waals surface area contributed by atoms with Crippen LogP contribution >= 0.6 is 15.9 Å². The van der Waals surface area contributed by atoms with Gasteiger partial charge in [0.2, 0.25) is 5.91 Å². The molecule has 4 nitrogen and oxygen atoms in total. The molecule has 1 aromatic rings. The van der Waals surface area contributed by atoms with Gasteiger partial charge in [0.15, 0.2) is 0 Å². The zero-order valence-corrected chi connectivity index (χ0v) is 13.2. The van der Waals surface area contributed by atoms with Crippen molar-refractivity contribution in [3.63, 3.8) is 0 Å². The van der Waals surface area contributed by atoms with Crippen molar-refractivity contribution < 1.29 is 19.1 Å². The number of anilines is 1. The van der Waals surface area contributed by atoms with Crippen LogP contribution < -0.4 is 5.32 Å². The van der Waals surface area contributed by atoms with Gasteiger partial charge in [-0.3, -0.25) is 9.59 Å². The molecule has 1 fully saturated rings. The largest absolute Gasteiger partial charge is 0.481 e. The summed E-state index contributed by atoms with van der Waals surface area (Å²) in [7, 11) is 0. The lowest BCUT2D eigenvalue weighted by Gasteiger charge is -2.16. The highest BCUT2D eigenvalue weighted by atomic mass is 79.9. The van der Waals surface area contributed by atoms with Gasteiger partial charge in [0, 0.05) is 4.47 Å². The van der Waals surface area contributed by atoms with E-state index in [1.807, 2.05) is 6.92 Å². The minimum atomic E-state index is -0.940. The highest BCUT2D eigenvalue weighted by Crippen LogP contribution is 2.39. The molecule has 114 valence electrons. The van der Waals surface area contributed by atoms with Crippen LogP contribution in [0.3, 0.4) is 0 Å². The fraction of sp³-hybridized carbons (Fsp3) is 0.467. The number of carbonyl (C=O) groups is 2. The normalized spacial score (nSPS) is 24.8. The summed E-state index contributed by atoms with van der Waals surface area (Å²) in [6.45, 7) is 1.99. The third kappa shape index (κ3) is 3.61. The molecule has 0 spiro atoms. The summed E-state index contributed by atoms with van der Waals surface area (Å²) in [5.74, 6) is -2.74. The number of hydrogen-bond acceptors (Lipinski definition) is 2. The Morgan fingerprint density at radius 3 is 2.67 bits per heavy atom. The Hall–Kier alpha value is -1.43. The molecule has 6 heteroatoms. The average molecular weight is 358 g/mol. The second kappa shape index (κ2) is 6.56. The van der Waals surface area contributed by atoms with E-state index in [0.29, 0.717) is 23.0 Å². The molecular weight excluding hydrogens is 341 g/mol. The van der Waals surface area contributed by atoms with E-state index >= 15 is 0 Å². The van der Waals surface area contributed by atoms with Crippen molar-refractivity contribution in [3.8, 4) is 0 Å². The van der Waals surface area contributed by atoms with Crippen LogP contribution in [0.2, 0.25) is 0 Å². The Bertz CT molecular complexity index is 564. The highest BCUT2D eigenvalue weighted by Gasteiger charge is 2.42. The first-order valence-corrected chi connectivity index (χ1v) is 7.70. The van der Waals surface area contributed by atoms with Crippen LogP contribution in [0.5, 0.6) is 0 Å². The molecule has 21 heavy (non-hydrogen) atoms. The fourth-order valence-electron chi connectivity index (χ4n) is 2.86. The summed E-state index contributed by atoms with van der Waals surface area (Å²) in [6, 6.07) is 4.00. The van der Waals surface area contributed by atoms with E-state index in [-0.39, 0.29) is 11.8 Å². The Morgan fingerprint density at radius 2 is 2.05 bits per heavy atom. The molecule has 1 saturated carbocycles. The van der Waals surface area contributed by atoms with Crippen molar-refractivity contribution in [2.24, 2.45) is 17.8 Å². The van der Waals surface area contributed by atoms with Gasteiger partial charge in [-0.05, 0) is 52.9 Å². The van der Waals surface area contributed by atoms with Crippen molar-refractivity contribution >= 4 is 33.5 Å². The number of amides is 1. The molecule has 0 aliphatic heterocycles. The first-order valence-electron chi connectivity index (χ1n) is 6.91. The smallest absolute Gasteiger partial charge is 0.307 e. The molecule has 3 atom stereocenters. The zero-order chi connectivity index (χ0) is 15.6. The fourth-order valence-corrected chi connectivity index (χ4v) is 3.20. The van der Waals surface area contributed by atoms with Gasteiger partial charge >= 0.3 is 5.97 Å². The predicted octanol–water partition coefficient (Wildman–Crippen LogP) is 3.66. The van der Waals surface area contributed by atoms with E-state index < -0.39 is 23.6 Å². The molecule has 0 saturated heterocycles. The molecule has 0 bridgehead atoms. The highest BCUT2D eigenvalue weighted by molar-refractivity contribution is 9.10. The standard InChI is InChI=1S/C15H17BrFNO3/c1-2-8-5-10(11(6-8)15(20)21)14(19)18-13-7-9(17)3-4-12(13)16/h3-4,7-8,10-11H,2,5-6H2,1H3,(H,18,19)(H,20,21). The van der Waals surface area contributed by atoms with Crippen LogP contribution in [0.25, 0.3) is 0 Å². The van der Waals surface area contributed by atoms with Crippen LogP contribution in [0.15, 0.2) is 22.7 Å². The van der Waals surface area contributed by atoms with Crippen LogP contribution in [0.4, 0.5) is 10.1 Å². The van der Waals surface area contributed by atoms with Gasteiger partial charge in [-0.1, -0.05) is 13.3 Å². The molecule has 0 heterocycles. The summed E-state index contributed by atoms with van der Waals surface area (Å²) in [4.78, 5) is 23.6. The van der Waals surface area contributed by atoms with E-state index in [1.165, 1.54) is 18.2 Å². The molecule has 1 aliphatic rings. The van der Waals surface area contributed by atoms with E-state index in [9.17, 15) is 19.1 Å². The summed E-state index contributed by atoms with van der Waals surface area (Å²) < 4.78 is 13.8. The van der Waals surface area contributed by atoms with Gasteiger partial charge in [0.25, 0.3) is 0 Å². The van der Waals surface area contributed by atoms with Gasteiger partial charge < -0.3 is 10.4 Å².